The first-order valence-corrected chi connectivity index (χ1v) is 12.5. The maximum atomic E-state index is 3.67. The molecule has 1 unspecified atom stereocenters. The molecule has 0 aliphatic carbocycles. The van der Waals surface area contributed by atoms with Gasteiger partial charge < -0.3 is 4.98 Å². The molecule has 1 atom stereocenters. The SMILES string of the molecule is C(=CC1C[Se]c2ccccc2N1)C=C1Nc2ccccc2[Se]1.c1c[nH]cn1. The van der Waals surface area contributed by atoms with Crippen LogP contribution in [-0.2, 0) is 0 Å². The average Bonchev–Trinajstić information content (AvgIpc) is 3.41. The summed E-state index contributed by atoms with van der Waals surface area (Å²) in [5.41, 5.74) is 2.59. The molecule has 0 spiro atoms. The van der Waals surface area contributed by atoms with E-state index in [2.05, 4.69) is 87.4 Å². The fourth-order valence-electron chi connectivity index (χ4n) is 2.74. The quantitative estimate of drug-likeness (QED) is 0.489. The van der Waals surface area contributed by atoms with E-state index in [-0.39, 0.29) is 0 Å². The van der Waals surface area contributed by atoms with Gasteiger partial charge >= 0.3 is 144 Å². The summed E-state index contributed by atoms with van der Waals surface area (Å²) in [7, 11) is 0. The van der Waals surface area contributed by atoms with Crippen molar-refractivity contribution in [2.75, 3.05) is 10.6 Å². The maximum Gasteiger partial charge on any atom is 0.0919 e. The Morgan fingerprint density at radius 1 is 1.00 bits per heavy atom. The predicted molar refractivity (Wildman–Crippen MR) is 115 cm³/mol. The van der Waals surface area contributed by atoms with Gasteiger partial charge in [-0.3, -0.25) is 0 Å². The zero-order valence-corrected chi connectivity index (χ0v) is 18.1. The number of aromatic nitrogens is 2. The first kappa shape index (κ1) is 18.1. The third kappa shape index (κ3) is 4.94. The molecule has 2 aliphatic rings. The number of H-pyrrole nitrogens is 1. The number of anilines is 2. The first-order chi connectivity index (χ1) is 13.4. The summed E-state index contributed by atoms with van der Waals surface area (Å²) in [4.78, 5) is 6.42. The molecule has 3 N–H and O–H groups in total. The largest absolute Gasteiger partial charge is 0.351 e. The molecule has 0 amide bonds. The van der Waals surface area contributed by atoms with Crippen LogP contribution in [0.4, 0.5) is 11.4 Å². The molecule has 0 fully saturated rings. The van der Waals surface area contributed by atoms with Crippen LogP contribution >= 0.6 is 0 Å². The zero-order valence-electron chi connectivity index (χ0n) is 14.6. The second-order valence-corrected chi connectivity index (χ2v) is 10.5. The van der Waals surface area contributed by atoms with Crippen LogP contribution in [0.2, 0.25) is 5.32 Å². The van der Waals surface area contributed by atoms with E-state index in [1.165, 1.54) is 30.2 Å². The van der Waals surface area contributed by atoms with Crippen molar-refractivity contribution in [3.05, 3.63) is 90.1 Å². The number of rotatable bonds is 2. The van der Waals surface area contributed by atoms with Gasteiger partial charge in [0.2, 0.25) is 0 Å². The van der Waals surface area contributed by atoms with Crippen molar-refractivity contribution in [3.8, 4) is 0 Å². The van der Waals surface area contributed by atoms with Crippen LogP contribution in [0.25, 0.3) is 0 Å². The minimum atomic E-state index is 0.414. The van der Waals surface area contributed by atoms with E-state index in [9.17, 15) is 0 Å². The molecule has 0 bridgehead atoms. The molecule has 3 heterocycles. The molecular weight excluding hydrogens is 466 g/mol. The predicted octanol–water partition coefficient (Wildman–Crippen LogP) is 2.49. The number of imidazole rings is 1. The van der Waals surface area contributed by atoms with Crippen molar-refractivity contribution in [1.29, 1.82) is 0 Å². The normalized spacial score (nSPS) is 18.8. The molecule has 27 heavy (non-hydrogen) atoms. The van der Waals surface area contributed by atoms with Gasteiger partial charge in [-0.25, -0.2) is 4.98 Å². The number of fused-ring (bicyclic) bond motifs is 2. The van der Waals surface area contributed by atoms with Gasteiger partial charge in [-0.1, -0.05) is 0 Å². The molecule has 0 saturated heterocycles. The van der Waals surface area contributed by atoms with Gasteiger partial charge in [-0.2, -0.15) is 0 Å². The number of para-hydroxylation sites is 2. The number of hydrogen-bond donors (Lipinski definition) is 3. The number of benzene rings is 2. The number of allylic oxidation sites excluding steroid dienone is 2. The minimum Gasteiger partial charge on any atom is -0.351 e. The molecule has 2 aromatic carbocycles. The van der Waals surface area contributed by atoms with Gasteiger partial charge in [0.05, 0.1) is 6.33 Å². The summed E-state index contributed by atoms with van der Waals surface area (Å²) in [6, 6.07) is 17.7. The van der Waals surface area contributed by atoms with Gasteiger partial charge in [-0.05, 0) is 0 Å². The fourth-order valence-corrected chi connectivity index (χ4v) is 6.79. The summed E-state index contributed by atoms with van der Waals surface area (Å²) in [6.07, 6.45) is 11.8. The third-order valence-corrected chi connectivity index (χ3v) is 8.68. The van der Waals surface area contributed by atoms with E-state index >= 15 is 0 Å². The second-order valence-electron chi connectivity index (χ2n) is 5.96. The molecule has 6 heteroatoms. The Kier molecular flexibility index (Phi) is 6.13. The van der Waals surface area contributed by atoms with Crippen LogP contribution in [0.1, 0.15) is 0 Å². The van der Waals surface area contributed by atoms with Crippen LogP contribution < -0.4 is 19.6 Å². The Bertz CT molecular complexity index is 891. The van der Waals surface area contributed by atoms with E-state index in [0.717, 1.165) is 0 Å². The van der Waals surface area contributed by atoms with Crippen molar-refractivity contribution in [2.24, 2.45) is 0 Å². The standard InChI is InChI=1S/C18H16N2Se2.C3H4N2/c1-3-9-16-14(7-1)19-13(12-21-16)6-5-11-18-20-15-8-2-4-10-17(15)22-18;1-2-5-3-4-1/h1-11,13,19-20H,12H2;1-3H,(H,4,5). The summed E-state index contributed by atoms with van der Waals surface area (Å²) in [5.74, 6) is 0. The van der Waals surface area contributed by atoms with E-state index in [1.807, 2.05) is 0 Å². The molecule has 5 rings (SSSR count). The molecule has 1 aromatic heterocycles. The Labute approximate surface area is 171 Å². The summed E-state index contributed by atoms with van der Waals surface area (Å²) >= 11 is 0.993. The van der Waals surface area contributed by atoms with Gasteiger partial charge in [0.25, 0.3) is 0 Å². The van der Waals surface area contributed by atoms with Gasteiger partial charge in [0, 0.05) is 12.4 Å². The second kappa shape index (κ2) is 9.11. The number of nitrogens with one attached hydrogen (secondary N) is 3. The Hall–Kier alpha value is -2.23. The van der Waals surface area contributed by atoms with Crippen molar-refractivity contribution < 1.29 is 0 Å². The summed E-state index contributed by atoms with van der Waals surface area (Å²) < 4.78 is 4.28. The summed E-state index contributed by atoms with van der Waals surface area (Å²) in [6.45, 7) is 0. The molecule has 3 aromatic rings. The van der Waals surface area contributed by atoms with E-state index in [4.69, 9.17) is 0 Å². The van der Waals surface area contributed by atoms with Gasteiger partial charge in [0.1, 0.15) is 0 Å². The average molecular weight is 486 g/mol. The number of nitrogens with zero attached hydrogens (tertiary/aromatic N) is 1. The molecular formula is C21H20N4Se2. The zero-order chi connectivity index (χ0) is 18.3. The first-order valence-electron chi connectivity index (χ1n) is 8.72. The Balaban J connectivity index is 0.000000314. The van der Waals surface area contributed by atoms with Crippen molar-refractivity contribution in [1.82, 2.24) is 9.97 Å². The minimum absolute atomic E-state index is 0.414. The van der Waals surface area contributed by atoms with Crippen LogP contribution in [-0.4, -0.2) is 45.9 Å². The monoisotopic (exact) mass is 488 g/mol. The van der Waals surface area contributed by atoms with Crippen LogP contribution in [0, 0.1) is 0 Å². The van der Waals surface area contributed by atoms with Crippen LogP contribution in [0.3, 0.4) is 0 Å². The molecule has 0 saturated carbocycles. The van der Waals surface area contributed by atoms with Crippen molar-refractivity contribution in [3.63, 3.8) is 0 Å². The van der Waals surface area contributed by atoms with Crippen molar-refractivity contribution in [2.45, 2.75) is 11.4 Å². The molecule has 2 aliphatic heterocycles. The van der Waals surface area contributed by atoms with E-state index in [0.29, 0.717) is 36.0 Å². The third-order valence-electron chi connectivity index (χ3n) is 4.01. The smallest absolute Gasteiger partial charge is 0.0919 e. The van der Waals surface area contributed by atoms with Gasteiger partial charge in [-0.15, -0.1) is 0 Å². The summed E-state index contributed by atoms with van der Waals surface area (Å²) in [5, 5.41) is 8.36. The molecule has 136 valence electrons. The number of aromatic amines is 1. The molecule has 0 radical (unpaired) electrons. The van der Waals surface area contributed by atoms with Gasteiger partial charge in [0.15, 0.2) is 0 Å². The molecule has 4 nitrogen and oxygen atoms in total. The maximum absolute atomic E-state index is 3.67. The van der Waals surface area contributed by atoms with Crippen molar-refractivity contribution >= 4 is 50.2 Å². The van der Waals surface area contributed by atoms with Crippen LogP contribution in [0.5, 0.6) is 0 Å². The van der Waals surface area contributed by atoms with Crippen LogP contribution in [0.15, 0.2) is 90.1 Å². The topological polar surface area (TPSA) is 52.7 Å². The number of hydrogen-bond acceptors (Lipinski definition) is 3. The Morgan fingerprint density at radius 3 is 2.56 bits per heavy atom. The van der Waals surface area contributed by atoms with E-state index in [1.54, 1.807) is 18.7 Å². The van der Waals surface area contributed by atoms with E-state index < -0.39 is 0 Å². The fraction of sp³-hybridized carbons (Fsp3) is 0.0952. The Morgan fingerprint density at radius 2 is 1.81 bits per heavy atom.